The van der Waals surface area contributed by atoms with Crippen molar-refractivity contribution >= 4 is 58.6 Å². The van der Waals surface area contributed by atoms with E-state index in [9.17, 15) is 28.8 Å². The molecule has 2 rings (SSSR count). The van der Waals surface area contributed by atoms with E-state index in [0.29, 0.717) is 30.7 Å². The van der Waals surface area contributed by atoms with Gasteiger partial charge in [-0.15, -0.1) is 0 Å². The van der Waals surface area contributed by atoms with Crippen LogP contribution in [-0.4, -0.2) is 72.7 Å². The molecule has 1 aromatic carbocycles. The zero-order valence-electron chi connectivity index (χ0n) is 30.8. The Morgan fingerprint density at radius 1 is 0.774 bits per heavy atom. The van der Waals surface area contributed by atoms with Crippen LogP contribution in [-0.2, 0) is 35.2 Å². The van der Waals surface area contributed by atoms with Gasteiger partial charge >= 0.3 is 0 Å². The Labute approximate surface area is 317 Å². The summed E-state index contributed by atoms with van der Waals surface area (Å²) in [6.45, 7) is 1.50. The molecular formula is C37H58ClN9O6. The van der Waals surface area contributed by atoms with E-state index >= 15 is 0 Å². The summed E-state index contributed by atoms with van der Waals surface area (Å²) in [6, 6.07) is 6.06. The Morgan fingerprint density at radius 3 is 1.92 bits per heavy atom. The fourth-order valence-corrected chi connectivity index (χ4v) is 6.87. The average Bonchev–Trinajstić information content (AvgIpc) is 3.10. The molecule has 1 fully saturated rings. The fraction of sp³-hybridized carbons (Fsp3) is 0.622. The van der Waals surface area contributed by atoms with Crippen LogP contribution in [0.4, 0.5) is 0 Å². The topological polar surface area (TPSA) is 281 Å². The van der Waals surface area contributed by atoms with Crippen LogP contribution >= 0.6 is 11.6 Å². The Bertz CT molecular complexity index is 1440. The number of nitrogens with zero attached hydrogens (tertiary/aromatic N) is 2. The zero-order chi connectivity index (χ0) is 39.3. The maximum absolute atomic E-state index is 13.6. The predicted octanol–water partition coefficient (Wildman–Crippen LogP) is 1.79. The number of benzene rings is 1. The van der Waals surface area contributed by atoms with Gasteiger partial charge in [-0.25, -0.2) is 0 Å². The van der Waals surface area contributed by atoms with Gasteiger partial charge in [-0.1, -0.05) is 55.8 Å². The van der Waals surface area contributed by atoms with Crippen LogP contribution in [0.15, 0.2) is 34.3 Å². The van der Waals surface area contributed by atoms with Crippen molar-refractivity contribution in [2.75, 3.05) is 19.6 Å². The van der Waals surface area contributed by atoms with Crippen LogP contribution in [0.3, 0.4) is 0 Å². The number of guanidine groups is 2. The van der Waals surface area contributed by atoms with Crippen LogP contribution < -0.4 is 39.3 Å². The van der Waals surface area contributed by atoms with Gasteiger partial charge in [-0.2, -0.15) is 0 Å². The van der Waals surface area contributed by atoms with Gasteiger partial charge in [0.15, 0.2) is 23.5 Å². The van der Waals surface area contributed by atoms with Gasteiger partial charge in [-0.3, -0.25) is 38.8 Å². The van der Waals surface area contributed by atoms with Crippen molar-refractivity contribution in [2.24, 2.45) is 62.3 Å². The van der Waals surface area contributed by atoms with E-state index in [1.807, 2.05) is 0 Å². The SMILES string of the molecule is CC(=O)NC(CCCN=C(N)N)C(=O)C[C@H](CC1CCCCC1)C(=O)NCC(=O)C[C@H](CCCN=C(N)N)C(=O)C[C@H](Cc1ccc(Cl)cc1)C(N)=O. The number of Topliss-reactive ketones (excluding diaryl/α,β-unsaturated/α-hetero) is 3. The molecule has 0 aliphatic heterocycles. The molecular weight excluding hydrogens is 702 g/mol. The number of hydrogen-bond donors (Lipinski definition) is 7. The van der Waals surface area contributed by atoms with Gasteiger partial charge in [0.05, 0.1) is 12.6 Å². The van der Waals surface area contributed by atoms with Crippen molar-refractivity contribution in [2.45, 2.75) is 103 Å². The highest BCUT2D eigenvalue weighted by Crippen LogP contribution is 2.31. The summed E-state index contributed by atoms with van der Waals surface area (Å²) >= 11 is 5.98. The van der Waals surface area contributed by atoms with Gasteiger partial charge in [0.1, 0.15) is 5.78 Å². The molecule has 0 radical (unpaired) electrons. The Hall–Kier alpha value is -4.53. The Morgan fingerprint density at radius 2 is 1.36 bits per heavy atom. The molecule has 0 aromatic heterocycles. The van der Waals surface area contributed by atoms with Crippen LogP contribution in [0.2, 0.25) is 5.02 Å². The number of ketones is 3. The maximum Gasteiger partial charge on any atom is 0.223 e. The van der Waals surface area contributed by atoms with E-state index in [1.165, 1.54) is 6.92 Å². The van der Waals surface area contributed by atoms with E-state index in [4.69, 9.17) is 40.3 Å². The van der Waals surface area contributed by atoms with E-state index in [1.54, 1.807) is 24.3 Å². The monoisotopic (exact) mass is 759 g/mol. The highest BCUT2D eigenvalue weighted by molar-refractivity contribution is 6.30. The quantitative estimate of drug-likeness (QED) is 0.0431. The highest BCUT2D eigenvalue weighted by Gasteiger charge is 2.31. The second kappa shape index (κ2) is 23.9. The molecule has 0 spiro atoms. The number of rotatable bonds is 25. The van der Waals surface area contributed by atoms with Gasteiger partial charge in [0.2, 0.25) is 17.7 Å². The van der Waals surface area contributed by atoms with Crippen molar-refractivity contribution in [1.29, 1.82) is 0 Å². The standard InChI is InChI=1S/C37H58ClN9O6/c1-23(48)47-31(10-6-16-45-37(42)43)33(51)21-28(18-24-7-3-2-4-8-24)35(53)46-22-30(49)19-26(9-5-15-44-36(40)41)32(50)20-27(34(39)52)17-25-11-13-29(38)14-12-25/h11-14,24,26-28,31H,2-10,15-22H2,1H3,(H2,39,52)(H,46,53)(H,47,48)(H4,40,41,44)(H4,42,43,45)/t26-,27-,28-,31?/m0/s1. The van der Waals surface area contributed by atoms with Crippen molar-refractivity contribution in [3.05, 3.63) is 34.9 Å². The van der Waals surface area contributed by atoms with Crippen LogP contribution in [0, 0.1) is 23.7 Å². The third-order valence-electron chi connectivity index (χ3n) is 9.51. The molecule has 1 saturated carbocycles. The number of hydrogen-bond acceptors (Lipinski definition) is 8. The summed E-state index contributed by atoms with van der Waals surface area (Å²) in [7, 11) is 0. The third-order valence-corrected chi connectivity index (χ3v) is 9.76. The first-order valence-corrected chi connectivity index (χ1v) is 18.8. The van der Waals surface area contributed by atoms with Gasteiger partial charge < -0.3 is 39.3 Å². The number of carbonyl (C=O) groups excluding carboxylic acids is 6. The molecule has 0 heterocycles. The fourth-order valence-electron chi connectivity index (χ4n) is 6.74. The molecule has 15 nitrogen and oxygen atoms in total. The second-order valence-electron chi connectivity index (χ2n) is 14.0. The van der Waals surface area contributed by atoms with Crippen LogP contribution in [0.25, 0.3) is 0 Å². The lowest BCUT2D eigenvalue weighted by atomic mass is 9.80. The lowest BCUT2D eigenvalue weighted by molar-refractivity contribution is -0.133. The summed E-state index contributed by atoms with van der Waals surface area (Å²) < 4.78 is 0. The molecule has 1 unspecified atom stereocenters. The molecule has 16 heteroatoms. The van der Waals surface area contributed by atoms with Crippen molar-refractivity contribution in [3.8, 4) is 0 Å². The van der Waals surface area contributed by atoms with Crippen molar-refractivity contribution in [1.82, 2.24) is 10.6 Å². The van der Waals surface area contributed by atoms with Gasteiger partial charge in [-0.05, 0) is 62.1 Å². The summed E-state index contributed by atoms with van der Waals surface area (Å²) in [5.74, 6) is -4.64. The molecule has 12 N–H and O–H groups in total. The lowest BCUT2D eigenvalue weighted by Crippen LogP contribution is -2.43. The van der Waals surface area contributed by atoms with E-state index in [0.717, 1.165) is 37.7 Å². The highest BCUT2D eigenvalue weighted by atomic mass is 35.5. The summed E-state index contributed by atoms with van der Waals surface area (Å²) in [6.07, 6.45) is 6.73. The number of halogens is 1. The average molecular weight is 760 g/mol. The lowest BCUT2D eigenvalue weighted by Gasteiger charge is -2.27. The van der Waals surface area contributed by atoms with Gasteiger partial charge in [0, 0.05) is 62.1 Å². The molecule has 1 aromatic rings. The molecule has 0 saturated heterocycles. The number of primary amides is 1. The molecule has 294 valence electrons. The van der Waals surface area contributed by atoms with Gasteiger partial charge in [0.25, 0.3) is 0 Å². The first-order chi connectivity index (χ1) is 25.1. The second-order valence-corrected chi connectivity index (χ2v) is 14.5. The summed E-state index contributed by atoms with van der Waals surface area (Å²) in [5, 5.41) is 5.94. The number of amides is 3. The number of aliphatic imine (C=N–C) groups is 2. The maximum atomic E-state index is 13.6. The first-order valence-electron chi connectivity index (χ1n) is 18.4. The largest absolute Gasteiger partial charge is 0.370 e. The Kier molecular flexibility index (Phi) is 20.1. The normalized spacial score (nSPS) is 15.2. The third kappa shape index (κ3) is 18.7. The molecule has 4 atom stereocenters. The molecule has 1 aliphatic carbocycles. The minimum Gasteiger partial charge on any atom is -0.370 e. The Balaban J connectivity index is 2.14. The summed E-state index contributed by atoms with van der Waals surface area (Å²) in [4.78, 5) is 86.2. The van der Waals surface area contributed by atoms with Crippen LogP contribution in [0.1, 0.15) is 96.0 Å². The molecule has 3 amide bonds. The van der Waals surface area contributed by atoms with Crippen molar-refractivity contribution in [3.63, 3.8) is 0 Å². The minimum atomic E-state index is -0.820. The van der Waals surface area contributed by atoms with E-state index in [2.05, 4.69) is 20.6 Å². The number of carbonyl (C=O) groups is 6. The van der Waals surface area contributed by atoms with E-state index < -0.39 is 35.6 Å². The number of nitrogens with one attached hydrogen (secondary N) is 2. The molecule has 0 bridgehead atoms. The smallest absolute Gasteiger partial charge is 0.223 e. The molecule has 1 aliphatic rings. The van der Waals surface area contributed by atoms with Crippen molar-refractivity contribution < 1.29 is 28.8 Å². The minimum absolute atomic E-state index is 0.0724. The zero-order valence-corrected chi connectivity index (χ0v) is 31.6. The predicted molar refractivity (Wildman–Crippen MR) is 205 cm³/mol. The number of nitrogens with two attached hydrogens (primary N) is 5. The van der Waals surface area contributed by atoms with Crippen LogP contribution in [0.5, 0.6) is 0 Å². The first kappa shape index (κ1) is 44.6. The summed E-state index contributed by atoms with van der Waals surface area (Å²) in [5.41, 5.74) is 28.1. The van der Waals surface area contributed by atoms with E-state index in [-0.39, 0.29) is 92.8 Å². The molecule has 53 heavy (non-hydrogen) atoms.